The maximum atomic E-state index is 15.0. The van der Waals surface area contributed by atoms with Gasteiger partial charge in [0.2, 0.25) is 5.91 Å². The number of carbonyl (C=O) groups excluding carboxylic acids is 2. The lowest BCUT2D eigenvalue weighted by molar-refractivity contribution is -0.119. The van der Waals surface area contributed by atoms with E-state index in [1.54, 1.807) is 24.4 Å². The highest BCUT2D eigenvalue weighted by Crippen LogP contribution is 2.29. The third-order valence-electron chi connectivity index (χ3n) is 6.18. The monoisotopic (exact) mass is 535 g/mol. The molecular formula is C24H30FN5O6S. The number of benzene rings is 1. The van der Waals surface area contributed by atoms with Gasteiger partial charge in [0.1, 0.15) is 17.7 Å². The Morgan fingerprint density at radius 2 is 1.97 bits per heavy atom. The maximum Gasteiger partial charge on any atom is 0.414 e. The number of cyclic esters (lactones) is 1. The van der Waals surface area contributed by atoms with Crippen molar-refractivity contribution in [2.24, 2.45) is 0 Å². The molecule has 2 aromatic rings. The number of amides is 2. The van der Waals surface area contributed by atoms with Gasteiger partial charge in [0, 0.05) is 57.0 Å². The summed E-state index contributed by atoms with van der Waals surface area (Å²) in [5.41, 5.74) is 1.35. The smallest absolute Gasteiger partial charge is 0.414 e. The Hall–Kier alpha value is -3.29. The van der Waals surface area contributed by atoms with Crippen molar-refractivity contribution in [1.82, 2.24) is 15.2 Å². The first-order valence-electron chi connectivity index (χ1n) is 11.9. The fraction of sp³-hybridized carbons (Fsp3) is 0.458. The first kappa shape index (κ1) is 26.8. The summed E-state index contributed by atoms with van der Waals surface area (Å²) in [4.78, 5) is 33.4. The first-order valence-corrected chi connectivity index (χ1v) is 13.7. The normalized spacial score (nSPS) is 18.7. The van der Waals surface area contributed by atoms with Crippen LogP contribution in [0.2, 0.25) is 0 Å². The number of anilines is 2. The lowest BCUT2D eigenvalue weighted by Crippen LogP contribution is -2.47. The Bertz CT molecular complexity index is 1230. The molecule has 13 heteroatoms. The van der Waals surface area contributed by atoms with Crippen LogP contribution >= 0.6 is 0 Å². The molecule has 3 heterocycles. The number of carbonyl (C=O) groups is 2. The molecule has 37 heavy (non-hydrogen) atoms. The Morgan fingerprint density at radius 3 is 2.59 bits per heavy atom. The summed E-state index contributed by atoms with van der Waals surface area (Å²) >= 11 is 0. The summed E-state index contributed by atoms with van der Waals surface area (Å²) in [5, 5.41) is 2.61. The number of pyridine rings is 1. The fourth-order valence-electron chi connectivity index (χ4n) is 4.25. The Kier molecular flexibility index (Phi) is 8.25. The van der Waals surface area contributed by atoms with Crippen molar-refractivity contribution in [3.8, 4) is 11.1 Å². The number of nitrogens with zero attached hydrogens (tertiary/aromatic N) is 4. The van der Waals surface area contributed by atoms with Gasteiger partial charge in [0.05, 0.1) is 31.6 Å². The quantitative estimate of drug-likeness (QED) is 0.476. The van der Waals surface area contributed by atoms with Crippen LogP contribution in [0.4, 0.5) is 20.7 Å². The van der Waals surface area contributed by atoms with Gasteiger partial charge in [-0.25, -0.2) is 14.2 Å². The van der Waals surface area contributed by atoms with Crippen LogP contribution in [0, 0.1) is 5.82 Å². The van der Waals surface area contributed by atoms with Crippen LogP contribution in [0.15, 0.2) is 36.5 Å². The first-order chi connectivity index (χ1) is 17.6. The lowest BCUT2D eigenvalue weighted by atomic mass is 10.1. The zero-order valence-corrected chi connectivity index (χ0v) is 21.5. The van der Waals surface area contributed by atoms with Gasteiger partial charge in [0.25, 0.3) is 10.1 Å². The summed E-state index contributed by atoms with van der Waals surface area (Å²) in [6.07, 6.45) is 1.57. The van der Waals surface area contributed by atoms with Crippen LogP contribution < -0.4 is 15.1 Å². The van der Waals surface area contributed by atoms with E-state index >= 15 is 4.39 Å². The van der Waals surface area contributed by atoms with Crippen LogP contribution in [-0.4, -0.2) is 95.1 Å². The van der Waals surface area contributed by atoms with E-state index in [-0.39, 0.29) is 25.6 Å². The predicted octanol–water partition coefficient (Wildman–Crippen LogP) is 1.45. The second-order valence-corrected chi connectivity index (χ2v) is 10.6. The molecule has 2 aliphatic rings. The van der Waals surface area contributed by atoms with Gasteiger partial charge in [-0.2, -0.15) is 8.42 Å². The van der Waals surface area contributed by atoms with E-state index in [1.807, 2.05) is 6.07 Å². The van der Waals surface area contributed by atoms with Crippen molar-refractivity contribution in [2.75, 3.05) is 68.5 Å². The largest absolute Gasteiger partial charge is 0.442 e. The highest BCUT2D eigenvalue weighted by molar-refractivity contribution is 7.85. The summed E-state index contributed by atoms with van der Waals surface area (Å²) < 4.78 is 47.2. The van der Waals surface area contributed by atoms with E-state index in [2.05, 4.69) is 20.1 Å². The van der Waals surface area contributed by atoms with Crippen LogP contribution in [0.5, 0.6) is 0 Å². The third kappa shape index (κ3) is 7.14. The SMILES string of the molecule is CC(=O)NC[C@H]1CN(c2ccc(-c3ccc(N4CCN(CCOS(C)(=O)=O)CC4)nc3)c(F)c2)C(=O)O1. The Morgan fingerprint density at radius 1 is 1.22 bits per heavy atom. The molecule has 2 saturated heterocycles. The number of aromatic nitrogens is 1. The minimum absolute atomic E-state index is 0.132. The number of hydrogen-bond acceptors (Lipinski definition) is 9. The highest BCUT2D eigenvalue weighted by Gasteiger charge is 2.32. The molecule has 0 aliphatic carbocycles. The molecule has 1 aromatic heterocycles. The van der Waals surface area contributed by atoms with Gasteiger partial charge in [0.15, 0.2) is 0 Å². The zero-order chi connectivity index (χ0) is 26.6. The second-order valence-electron chi connectivity index (χ2n) is 8.98. The van der Waals surface area contributed by atoms with Gasteiger partial charge in [-0.1, -0.05) is 0 Å². The van der Waals surface area contributed by atoms with E-state index in [9.17, 15) is 18.0 Å². The standard InChI is InChI=1S/C24H30FN5O6S/c1-17(31)26-15-20-16-30(24(32)36-20)19-4-5-21(22(25)13-19)18-3-6-23(27-14-18)29-9-7-28(8-10-29)11-12-35-37(2,33)34/h3-6,13-14,20H,7-12,15-16H2,1-2H3,(H,26,31)/t20-/m0/s1. The van der Waals surface area contributed by atoms with Crippen molar-refractivity contribution in [2.45, 2.75) is 13.0 Å². The summed E-state index contributed by atoms with van der Waals surface area (Å²) in [5.74, 6) is 0.0664. The van der Waals surface area contributed by atoms with Gasteiger partial charge in [-0.15, -0.1) is 0 Å². The lowest BCUT2D eigenvalue weighted by Gasteiger charge is -2.35. The minimum atomic E-state index is -3.43. The zero-order valence-electron chi connectivity index (χ0n) is 20.7. The molecule has 2 aliphatic heterocycles. The van der Waals surface area contributed by atoms with Gasteiger partial charge < -0.3 is 15.0 Å². The summed E-state index contributed by atoms with van der Waals surface area (Å²) in [6, 6.07) is 8.20. The minimum Gasteiger partial charge on any atom is -0.442 e. The van der Waals surface area contributed by atoms with E-state index in [1.165, 1.54) is 17.9 Å². The van der Waals surface area contributed by atoms with E-state index in [0.29, 0.717) is 23.4 Å². The van der Waals surface area contributed by atoms with Crippen molar-refractivity contribution in [1.29, 1.82) is 0 Å². The van der Waals surface area contributed by atoms with Crippen LogP contribution in [0.1, 0.15) is 6.92 Å². The third-order valence-corrected chi connectivity index (χ3v) is 6.77. The van der Waals surface area contributed by atoms with Crippen molar-refractivity contribution in [3.05, 3.63) is 42.3 Å². The molecule has 2 amide bonds. The maximum absolute atomic E-state index is 15.0. The summed E-state index contributed by atoms with van der Waals surface area (Å²) in [7, 11) is -3.43. The molecular weight excluding hydrogens is 505 g/mol. The molecule has 0 saturated carbocycles. The number of nitrogens with one attached hydrogen (secondary N) is 1. The van der Waals surface area contributed by atoms with Gasteiger partial charge >= 0.3 is 6.09 Å². The molecule has 1 atom stereocenters. The Labute approximate surface area is 215 Å². The molecule has 0 radical (unpaired) electrons. The average molecular weight is 536 g/mol. The molecule has 1 N–H and O–H groups in total. The van der Waals surface area contributed by atoms with Crippen LogP contribution in [0.25, 0.3) is 11.1 Å². The molecule has 0 bridgehead atoms. The number of halogens is 1. The van der Waals surface area contributed by atoms with Crippen molar-refractivity contribution >= 4 is 33.6 Å². The number of rotatable bonds is 9. The van der Waals surface area contributed by atoms with E-state index in [0.717, 1.165) is 38.3 Å². The molecule has 1 aromatic carbocycles. The molecule has 2 fully saturated rings. The summed E-state index contributed by atoms with van der Waals surface area (Å²) in [6.45, 7) is 5.41. The number of ether oxygens (including phenoxy) is 1. The van der Waals surface area contributed by atoms with Gasteiger partial charge in [-0.3, -0.25) is 18.8 Å². The molecule has 4 rings (SSSR count). The Balaban J connectivity index is 1.34. The predicted molar refractivity (Wildman–Crippen MR) is 135 cm³/mol. The highest BCUT2D eigenvalue weighted by atomic mass is 32.2. The topological polar surface area (TPSA) is 121 Å². The fourth-order valence-corrected chi connectivity index (χ4v) is 4.63. The average Bonchev–Trinajstić information content (AvgIpc) is 3.23. The molecule has 0 unspecified atom stereocenters. The number of piperazine rings is 1. The van der Waals surface area contributed by atoms with E-state index < -0.39 is 28.1 Å². The second kappa shape index (κ2) is 11.4. The van der Waals surface area contributed by atoms with Crippen LogP contribution in [0.3, 0.4) is 0 Å². The molecule has 200 valence electrons. The molecule has 11 nitrogen and oxygen atoms in total. The van der Waals surface area contributed by atoms with Crippen molar-refractivity contribution in [3.63, 3.8) is 0 Å². The van der Waals surface area contributed by atoms with E-state index in [4.69, 9.17) is 8.92 Å². The van der Waals surface area contributed by atoms with Crippen LogP contribution in [-0.2, 0) is 23.8 Å². The molecule has 0 spiro atoms. The van der Waals surface area contributed by atoms with Gasteiger partial charge in [-0.05, 0) is 30.3 Å². The van der Waals surface area contributed by atoms with Crippen molar-refractivity contribution < 1.29 is 31.3 Å². The number of hydrogen-bond donors (Lipinski definition) is 1.